The van der Waals surface area contributed by atoms with Crippen molar-refractivity contribution in [3.63, 3.8) is 0 Å². The lowest BCUT2D eigenvalue weighted by molar-refractivity contribution is 0.0410. The molecule has 0 bridgehead atoms. The van der Waals surface area contributed by atoms with Crippen molar-refractivity contribution in [1.29, 1.82) is 0 Å². The number of fused-ring (bicyclic) bond motifs is 1. The van der Waals surface area contributed by atoms with Gasteiger partial charge < -0.3 is 10.1 Å². The van der Waals surface area contributed by atoms with E-state index in [-0.39, 0.29) is 12.1 Å². The molecule has 2 nitrogen and oxygen atoms in total. The van der Waals surface area contributed by atoms with Gasteiger partial charge in [0.2, 0.25) is 0 Å². The van der Waals surface area contributed by atoms with E-state index in [4.69, 9.17) is 16.3 Å². The first kappa shape index (κ1) is 14.6. The molecule has 0 radical (unpaired) electrons. The number of benzene rings is 2. The third kappa shape index (κ3) is 3.46. The lowest BCUT2D eigenvalue weighted by Gasteiger charge is -2.27. The summed E-state index contributed by atoms with van der Waals surface area (Å²) >= 11 is 6.05. The molecule has 110 valence electrons. The van der Waals surface area contributed by atoms with Gasteiger partial charge in [0.15, 0.2) is 0 Å². The Balaban J connectivity index is 1.66. The lowest BCUT2D eigenvalue weighted by atomic mass is 9.97. The van der Waals surface area contributed by atoms with E-state index in [0.717, 1.165) is 24.6 Å². The molecule has 2 atom stereocenters. The summed E-state index contributed by atoms with van der Waals surface area (Å²) in [5, 5.41) is 4.33. The molecule has 1 aliphatic heterocycles. The van der Waals surface area contributed by atoms with Crippen LogP contribution in [0, 0.1) is 0 Å². The van der Waals surface area contributed by atoms with E-state index < -0.39 is 0 Å². The Morgan fingerprint density at radius 3 is 2.95 bits per heavy atom. The molecule has 0 aromatic heterocycles. The Morgan fingerprint density at radius 2 is 2.10 bits per heavy atom. The van der Waals surface area contributed by atoms with Crippen LogP contribution >= 0.6 is 11.6 Å². The van der Waals surface area contributed by atoms with Gasteiger partial charge in [-0.2, -0.15) is 0 Å². The van der Waals surface area contributed by atoms with E-state index in [9.17, 15) is 0 Å². The van der Waals surface area contributed by atoms with Crippen molar-refractivity contribution in [3.8, 4) is 0 Å². The molecule has 2 aromatic carbocycles. The van der Waals surface area contributed by atoms with Gasteiger partial charge in [-0.1, -0.05) is 48.0 Å². The molecule has 1 N–H and O–H groups in total. The minimum Gasteiger partial charge on any atom is -0.372 e. The molecule has 0 aliphatic carbocycles. The topological polar surface area (TPSA) is 21.3 Å². The number of hydrogen-bond acceptors (Lipinski definition) is 2. The molecule has 1 aliphatic rings. The van der Waals surface area contributed by atoms with E-state index in [1.54, 1.807) is 0 Å². The molecule has 3 heteroatoms. The fourth-order valence-corrected chi connectivity index (χ4v) is 3.02. The molecule has 2 aromatic rings. The number of rotatable bonds is 4. The van der Waals surface area contributed by atoms with E-state index in [0.29, 0.717) is 0 Å². The summed E-state index contributed by atoms with van der Waals surface area (Å²) in [7, 11) is 0. The number of hydrogen-bond donors (Lipinski definition) is 1. The Bertz CT molecular complexity index is 614. The fraction of sp³-hybridized carbons (Fsp3) is 0.333. The van der Waals surface area contributed by atoms with E-state index in [2.05, 4.69) is 42.6 Å². The molecular formula is C18H20ClNO. The van der Waals surface area contributed by atoms with Crippen LogP contribution in [0.4, 0.5) is 0 Å². The highest BCUT2D eigenvalue weighted by Gasteiger charge is 2.20. The van der Waals surface area contributed by atoms with Crippen LogP contribution in [-0.2, 0) is 11.2 Å². The lowest BCUT2D eigenvalue weighted by Crippen LogP contribution is -2.29. The first-order valence-electron chi connectivity index (χ1n) is 7.42. The predicted molar refractivity (Wildman–Crippen MR) is 86.7 cm³/mol. The molecular weight excluding hydrogens is 282 g/mol. The second-order valence-electron chi connectivity index (χ2n) is 5.49. The van der Waals surface area contributed by atoms with Crippen molar-refractivity contribution < 1.29 is 4.74 Å². The van der Waals surface area contributed by atoms with Gasteiger partial charge in [-0.25, -0.2) is 0 Å². The first-order chi connectivity index (χ1) is 10.2. The SMILES string of the molecule is C[C@H](NCC1OCCc2ccccc21)c1cccc(Cl)c1. The molecule has 0 saturated heterocycles. The quantitative estimate of drug-likeness (QED) is 0.909. The number of ether oxygens (including phenoxy) is 1. The van der Waals surface area contributed by atoms with Crippen LogP contribution in [0.1, 0.15) is 35.8 Å². The number of halogens is 1. The normalized spacial score (nSPS) is 19.0. The van der Waals surface area contributed by atoms with Crippen LogP contribution in [0.3, 0.4) is 0 Å². The average molecular weight is 302 g/mol. The van der Waals surface area contributed by atoms with Crippen molar-refractivity contribution in [3.05, 3.63) is 70.2 Å². The van der Waals surface area contributed by atoms with Gasteiger partial charge in [-0.3, -0.25) is 0 Å². The minimum absolute atomic E-state index is 0.136. The van der Waals surface area contributed by atoms with Gasteiger partial charge in [-0.15, -0.1) is 0 Å². The van der Waals surface area contributed by atoms with Crippen molar-refractivity contribution in [2.45, 2.75) is 25.5 Å². The van der Waals surface area contributed by atoms with Gasteiger partial charge in [0, 0.05) is 17.6 Å². The Morgan fingerprint density at radius 1 is 1.24 bits per heavy atom. The monoisotopic (exact) mass is 301 g/mol. The second kappa shape index (κ2) is 6.61. The zero-order chi connectivity index (χ0) is 14.7. The molecule has 0 amide bonds. The summed E-state index contributed by atoms with van der Waals surface area (Å²) in [5.74, 6) is 0. The van der Waals surface area contributed by atoms with E-state index in [1.165, 1.54) is 16.7 Å². The largest absolute Gasteiger partial charge is 0.372 e. The van der Waals surface area contributed by atoms with Crippen molar-refractivity contribution in [1.82, 2.24) is 5.32 Å². The van der Waals surface area contributed by atoms with Crippen LogP contribution in [0.25, 0.3) is 0 Å². The highest BCUT2D eigenvalue weighted by molar-refractivity contribution is 6.30. The molecule has 1 heterocycles. The van der Waals surface area contributed by atoms with Crippen molar-refractivity contribution in [2.75, 3.05) is 13.2 Å². The summed E-state index contributed by atoms with van der Waals surface area (Å²) in [6.45, 7) is 3.76. The standard InChI is InChI=1S/C18H20ClNO/c1-13(15-6-4-7-16(19)11-15)20-12-18-17-8-3-2-5-14(17)9-10-21-18/h2-8,11,13,18,20H,9-10,12H2,1H3/t13-,18?/m0/s1. The highest BCUT2D eigenvalue weighted by Crippen LogP contribution is 2.27. The molecule has 0 fully saturated rings. The van der Waals surface area contributed by atoms with Crippen molar-refractivity contribution in [2.24, 2.45) is 0 Å². The van der Waals surface area contributed by atoms with E-state index in [1.807, 2.05) is 18.2 Å². The maximum atomic E-state index is 6.05. The Labute approximate surface area is 131 Å². The predicted octanol–water partition coefficient (Wildman–Crippen LogP) is 4.30. The third-order valence-corrected chi connectivity index (χ3v) is 4.29. The third-order valence-electron chi connectivity index (χ3n) is 4.05. The minimum atomic E-state index is 0.136. The molecule has 1 unspecified atom stereocenters. The molecule has 0 spiro atoms. The van der Waals surface area contributed by atoms with Gasteiger partial charge >= 0.3 is 0 Å². The van der Waals surface area contributed by atoms with Gasteiger partial charge in [0.1, 0.15) is 0 Å². The van der Waals surface area contributed by atoms with Crippen LogP contribution in [0.15, 0.2) is 48.5 Å². The van der Waals surface area contributed by atoms with Crippen LogP contribution < -0.4 is 5.32 Å². The summed E-state index contributed by atoms with van der Waals surface area (Å²) in [6, 6.07) is 16.8. The molecule has 0 saturated carbocycles. The zero-order valence-electron chi connectivity index (χ0n) is 12.2. The second-order valence-corrected chi connectivity index (χ2v) is 5.93. The summed E-state index contributed by atoms with van der Waals surface area (Å²) < 4.78 is 5.93. The Hall–Kier alpha value is -1.35. The summed E-state index contributed by atoms with van der Waals surface area (Å²) in [5.41, 5.74) is 3.92. The molecule has 21 heavy (non-hydrogen) atoms. The Kier molecular flexibility index (Phi) is 4.59. The van der Waals surface area contributed by atoms with Gasteiger partial charge in [0.25, 0.3) is 0 Å². The van der Waals surface area contributed by atoms with Gasteiger partial charge in [-0.05, 0) is 42.2 Å². The first-order valence-corrected chi connectivity index (χ1v) is 7.80. The van der Waals surface area contributed by atoms with Crippen LogP contribution in [-0.4, -0.2) is 13.2 Å². The maximum absolute atomic E-state index is 6.05. The highest BCUT2D eigenvalue weighted by atomic mass is 35.5. The smallest absolute Gasteiger partial charge is 0.0952 e. The summed E-state index contributed by atoms with van der Waals surface area (Å²) in [4.78, 5) is 0. The average Bonchev–Trinajstić information content (AvgIpc) is 2.52. The van der Waals surface area contributed by atoms with Crippen molar-refractivity contribution >= 4 is 11.6 Å². The van der Waals surface area contributed by atoms with E-state index >= 15 is 0 Å². The maximum Gasteiger partial charge on any atom is 0.0952 e. The fourth-order valence-electron chi connectivity index (χ4n) is 2.82. The molecule has 3 rings (SSSR count). The van der Waals surface area contributed by atoms with Crippen LogP contribution in [0.2, 0.25) is 5.02 Å². The van der Waals surface area contributed by atoms with Crippen LogP contribution in [0.5, 0.6) is 0 Å². The number of nitrogens with one attached hydrogen (secondary N) is 1. The van der Waals surface area contributed by atoms with Gasteiger partial charge in [0.05, 0.1) is 12.7 Å². The zero-order valence-corrected chi connectivity index (χ0v) is 12.9. The summed E-state index contributed by atoms with van der Waals surface area (Å²) in [6.07, 6.45) is 1.15.